The number of benzene rings is 2. The lowest BCUT2D eigenvalue weighted by Gasteiger charge is -2.13. The van der Waals surface area contributed by atoms with Crippen LogP contribution in [0.4, 0.5) is 0 Å². The summed E-state index contributed by atoms with van der Waals surface area (Å²) in [7, 11) is 3.13. The summed E-state index contributed by atoms with van der Waals surface area (Å²) in [6.07, 6.45) is 1.67. The maximum absolute atomic E-state index is 12.1. The Morgan fingerprint density at radius 1 is 1.15 bits per heavy atom. The Morgan fingerprint density at radius 3 is 2.59 bits per heavy atom. The highest BCUT2D eigenvalue weighted by Gasteiger charge is 2.09. The molecule has 0 heterocycles. The number of rotatable bonds is 8. The van der Waals surface area contributed by atoms with Gasteiger partial charge in [-0.3, -0.25) is 4.79 Å². The van der Waals surface area contributed by atoms with Crippen LogP contribution in [0, 0.1) is 0 Å². The summed E-state index contributed by atoms with van der Waals surface area (Å²) in [5, 5.41) is 4.48. The molecule has 144 valence electrons. The highest BCUT2D eigenvalue weighted by Crippen LogP contribution is 2.28. The molecule has 7 heteroatoms. The minimum atomic E-state index is -0.284. The highest BCUT2D eigenvalue weighted by molar-refractivity contribution is 6.31. The van der Waals surface area contributed by atoms with Crippen LogP contribution < -0.4 is 19.6 Å². The van der Waals surface area contributed by atoms with Crippen LogP contribution in [0.25, 0.3) is 0 Å². The lowest BCUT2D eigenvalue weighted by Crippen LogP contribution is -2.20. The number of halogens is 1. The second-order valence-electron chi connectivity index (χ2n) is 6.00. The summed E-state index contributed by atoms with van der Waals surface area (Å²) >= 11 is 6.11. The Balaban J connectivity index is 1.99. The second-order valence-corrected chi connectivity index (χ2v) is 6.41. The number of nitrogens with zero attached hydrogens (tertiary/aromatic N) is 1. The first-order valence-electron chi connectivity index (χ1n) is 8.42. The van der Waals surface area contributed by atoms with E-state index < -0.39 is 0 Å². The van der Waals surface area contributed by atoms with E-state index in [1.165, 1.54) is 6.21 Å². The highest BCUT2D eigenvalue weighted by atomic mass is 35.5. The molecule has 0 saturated heterocycles. The number of hydrogen-bond acceptors (Lipinski definition) is 5. The largest absolute Gasteiger partial charge is 0.497 e. The SMILES string of the molecule is COc1ccc(Cl)c(CC(=O)N/N=C/c2ccc(OC(C)C)c(OC)c2)c1. The average molecular weight is 391 g/mol. The summed E-state index contributed by atoms with van der Waals surface area (Å²) in [5.41, 5.74) is 3.92. The molecule has 0 aliphatic heterocycles. The van der Waals surface area contributed by atoms with Crippen molar-refractivity contribution in [2.45, 2.75) is 26.4 Å². The van der Waals surface area contributed by atoms with E-state index in [2.05, 4.69) is 10.5 Å². The Morgan fingerprint density at radius 2 is 1.93 bits per heavy atom. The first kappa shape index (κ1) is 20.6. The van der Waals surface area contributed by atoms with E-state index in [1.807, 2.05) is 19.9 Å². The van der Waals surface area contributed by atoms with Gasteiger partial charge in [0.15, 0.2) is 11.5 Å². The van der Waals surface area contributed by atoms with Crippen LogP contribution in [0.3, 0.4) is 0 Å². The molecule has 1 amide bonds. The molecule has 0 saturated carbocycles. The fourth-order valence-electron chi connectivity index (χ4n) is 2.32. The molecule has 2 aromatic carbocycles. The lowest BCUT2D eigenvalue weighted by molar-refractivity contribution is -0.120. The van der Waals surface area contributed by atoms with Crippen LogP contribution in [-0.4, -0.2) is 32.4 Å². The van der Waals surface area contributed by atoms with E-state index in [-0.39, 0.29) is 18.4 Å². The van der Waals surface area contributed by atoms with Gasteiger partial charge < -0.3 is 14.2 Å². The maximum atomic E-state index is 12.1. The predicted octanol–water partition coefficient (Wildman–Crippen LogP) is 3.84. The van der Waals surface area contributed by atoms with E-state index in [4.69, 9.17) is 25.8 Å². The molecule has 27 heavy (non-hydrogen) atoms. The molecule has 0 aliphatic carbocycles. The standard InChI is InChI=1S/C20H23ClN2O4/c1-13(2)27-18-8-5-14(9-19(18)26-4)12-22-23-20(24)11-15-10-16(25-3)6-7-17(15)21/h5-10,12-13H,11H2,1-4H3,(H,23,24)/b22-12+. The van der Waals surface area contributed by atoms with Crippen molar-refractivity contribution in [2.24, 2.45) is 5.10 Å². The van der Waals surface area contributed by atoms with Crippen molar-refractivity contribution in [3.63, 3.8) is 0 Å². The fourth-order valence-corrected chi connectivity index (χ4v) is 2.51. The molecule has 0 atom stereocenters. The first-order chi connectivity index (χ1) is 12.9. The molecular weight excluding hydrogens is 368 g/mol. The van der Waals surface area contributed by atoms with Gasteiger partial charge in [-0.15, -0.1) is 0 Å². The third kappa shape index (κ3) is 6.18. The fraction of sp³-hybridized carbons (Fsp3) is 0.300. The molecule has 0 bridgehead atoms. The van der Waals surface area contributed by atoms with Gasteiger partial charge in [0.05, 0.1) is 33.0 Å². The van der Waals surface area contributed by atoms with Crippen LogP contribution >= 0.6 is 11.6 Å². The minimum Gasteiger partial charge on any atom is -0.497 e. The zero-order valence-corrected chi connectivity index (χ0v) is 16.5. The van der Waals surface area contributed by atoms with Crippen molar-refractivity contribution in [1.82, 2.24) is 5.43 Å². The van der Waals surface area contributed by atoms with Crippen LogP contribution in [0.5, 0.6) is 17.2 Å². The van der Waals surface area contributed by atoms with E-state index >= 15 is 0 Å². The smallest absolute Gasteiger partial charge is 0.244 e. The number of ether oxygens (including phenoxy) is 3. The zero-order valence-electron chi connectivity index (χ0n) is 15.8. The van der Waals surface area contributed by atoms with Gasteiger partial charge in [0, 0.05) is 5.02 Å². The van der Waals surface area contributed by atoms with Gasteiger partial charge >= 0.3 is 0 Å². The number of carbonyl (C=O) groups is 1. The zero-order chi connectivity index (χ0) is 19.8. The Labute approximate surface area is 164 Å². The molecule has 0 unspecified atom stereocenters. The molecule has 2 rings (SSSR count). The van der Waals surface area contributed by atoms with Gasteiger partial charge in [0.1, 0.15) is 5.75 Å². The number of methoxy groups -OCH3 is 2. The van der Waals surface area contributed by atoms with Crippen LogP contribution in [0.15, 0.2) is 41.5 Å². The minimum absolute atomic E-state index is 0.0427. The number of hydrogen-bond donors (Lipinski definition) is 1. The third-order valence-electron chi connectivity index (χ3n) is 3.56. The molecule has 0 spiro atoms. The maximum Gasteiger partial charge on any atom is 0.244 e. The van der Waals surface area contributed by atoms with Gasteiger partial charge in [-0.2, -0.15) is 5.10 Å². The number of nitrogens with one attached hydrogen (secondary N) is 1. The normalized spacial score (nSPS) is 10.9. The molecule has 1 N–H and O–H groups in total. The predicted molar refractivity (Wildman–Crippen MR) is 106 cm³/mol. The Kier molecular flexibility index (Phi) is 7.49. The number of hydrazone groups is 1. The van der Waals surface area contributed by atoms with Crippen LogP contribution in [0.2, 0.25) is 5.02 Å². The molecule has 0 fully saturated rings. The van der Waals surface area contributed by atoms with Crippen molar-refractivity contribution in [2.75, 3.05) is 14.2 Å². The van der Waals surface area contributed by atoms with Crippen molar-refractivity contribution >= 4 is 23.7 Å². The van der Waals surface area contributed by atoms with Gasteiger partial charge in [-0.25, -0.2) is 5.43 Å². The first-order valence-corrected chi connectivity index (χ1v) is 8.79. The quantitative estimate of drug-likeness (QED) is 0.549. The summed E-state index contributed by atoms with van der Waals surface area (Å²) in [6.45, 7) is 3.89. The lowest BCUT2D eigenvalue weighted by atomic mass is 10.1. The summed E-state index contributed by atoms with van der Waals surface area (Å²) in [6, 6.07) is 10.6. The molecule has 6 nitrogen and oxygen atoms in total. The Bertz CT molecular complexity index is 822. The summed E-state index contributed by atoms with van der Waals surface area (Å²) in [4.78, 5) is 12.1. The van der Waals surface area contributed by atoms with E-state index in [0.29, 0.717) is 27.8 Å². The van der Waals surface area contributed by atoms with Crippen molar-refractivity contribution < 1.29 is 19.0 Å². The average Bonchev–Trinajstić information content (AvgIpc) is 2.64. The van der Waals surface area contributed by atoms with Gasteiger partial charge in [0.2, 0.25) is 5.91 Å². The summed E-state index contributed by atoms with van der Waals surface area (Å²) < 4.78 is 16.1. The van der Waals surface area contributed by atoms with E-state index in [1.54, 1.807) is 44.6 Å². The molecule has 0 aliphatic rings. The van der Waals surface area contributed by atoms with Gasteiger partial charge in [-0.05, 0) is 61.4 Å². The second kappa shape index (κ2) is 9.83. The van der Waals surface area contributed by atoms with Crippen molar-refractivity contribution in [1.29, 1.82) is 0 Å². The van der Waals surface area contributed by atoms with E-state index in [9.17, 15) is 4.79 Å². The molecular formula is C20H23ClN2O4. The number of carbonyl (C=O) groups excluding carboxylic acids is 1. The molecule has 0 aromatic heterocycles. The van der Waals surface area contributed by atoms with Crippen molar-refractivity contribution in [3.8, 4) is 17.2 Å². The number of amides is 1. The third-order valence-corrected chi connectivity index (χ3v) is 3.93. The Hall–Kier alpha value is -2.73. The molecule has 0 radical (unpaired) electrons. The molecule has 2 aromatic rings. The topological polar surface area (TPSA) is 69.2 Å². The van der Waals surface area contributed by atoms with Gasteiger partial charge in [-0.1, -0.05) is 11.6 Å². The summed E-state index contributed by atoms with van der Waals surface area (Å²) in [5.74, 6) is 1.61. The monoisotopic (exact) mass is 390 g/mol. The van der Waals surface area contributed by atoms with Crippen LogP contribution in [0.1, 0.15) is 25.0 Å². The van der Waals surface area contributed by atoms with Crippen LogP contribution in [-0.2, 0) is 11.2 Å². The van der Waals surface area contributed by atoms with Crippen molar-refractivity contribution in [3.05, 3.63) is 52.5 Å². The van der Waals surface area contributed by atoms with E-state index in [0.717, 1.165) is 5.56 Å². The van der Waals surface area contributed by atoms with Gasteiger partial charge in [0.25, 0.3) is 0 Å².